The van der Waals surface area contributed by atoms with Gasteiger partial charge >= 0.3 is 0 Å². The first-order chi connectivity index (χ1) is 7.89. The van der Waals surface area contributed by atoms with Crippen molar-refractivity contribution in [2.45, 2.75) is 11.4 Å². The first-order valence-electron chi connectivity index (χ1n) is 5.27. The minimum absolute atomic E-state index is 0.258. The fraction of sp³-hybridized carbons (Fsp3) is 0.600. The van der Waals surface area contributed by atoms with Crippen molar-refractivity contribution >= 4 is 21.4 Å². The van der Waals surface area contributed by atoms with E-state index in [2.05, 4.69) is 0 Å². The van der Waals surface area contributed by atoms with E-state index >= 15 is 0 Å². The smallest absolute Gasteiger partial charge is 0.244 e. The number of hydrogen-bond donors (Lipinski definition) is 1. The van der Waals surface area contributed by atoms with Gasteiger partial charge in [-0.25, -0.2) is 8.42 Å². The lowest BCUT2D eigenvalue weighted by molar-refractivity contribution is 0.358. The fourth-order valence-corrected chi connectivity index (χ4v) is 3.80. The van der Waals surface area contributed by atoms with E-state index in [-0.39, 0.29) is 6.54 Å². The quantitative estimate of drug-likeness (QED) is 0.817. The summed E-state index contributed by atoms with van der Waals surface area (Å²) in [5, 5.41) is 1.76. The zero-order valence-corrected chi connectivity index (χ0v) is 12.0. The van der Waals surface area contributed by atoms with Gasteiger partial charge in [-0.3, -0.25) is 0 Å². The highest BCUT2D eigenvalue weighted by Gasteiger charge is 2.24. The van der Waals surface area contributed by atoms with E-state index in [1.165, 1.54) is 15.6 Å². The van der Waals surface area contributed by atoms with Gasteiger partial charge in [-0.1, -0.05) is 0 Å². The molecule has 0 aliphatic heterocycles. The molecule has 0 radical (unpaired) electrons. The van der Waals surface area contributed by atoms with Crippen molar-refractivity contribution in [3.63, 3.8) is 0 Å². The second-order valence-corrected chi connectivity index (χ2v) is 7.06. The number of hydrogen-bond acceptors (Lipinski definition) is 5. The van der Waals surface area contributed by atoms with E-state index in [0.717, 1.165) is 0 Å². The predicted molar refractivity (Wildman–Crippen MR) is 70.6 cm³/mol. The molecule has 0 aliphatic rings. The Morgan fingerprint density at radius 1 is 1.29 bits per heavy atom. The number of likely N-dealkylation sites (N-methyl/N-ethyl adjacent to an activating group) is 2. The molecule has 0 saturated carbocycles. The summed E-state index contributed by atoms with van der Waals surface area (Å²) in [7, 11) is 2.02. The molecule has 0 aliphatic carbocycles. The van der Waals surface area contributed by atoms with Crippen LogP contribution >= 0.6 is 11.3 Å². The van der Waals surface area contributed by atoms with Crippen LogP contribution in [0, 0.1) is 0 Å². The minimum atomic E-state index is -3.40. The molecule has 7 heteroatoms. The highest BCUT2D eigenvalue weighted by Crippen LogP contribution is 2.23. The van der Waals surface area contributed by atoms with Crippen LogP contribution in [0.2, 0.25) is 0 Å². The molecule has 1 aromatic heterocycles. The highest BCUT2D eigenvalue weighted by atomic mass is 32.2. The largest absolute Gasteiger partial charge is 0.326 e. The van der Waals surface area contributed by atoms with Gasteiger partial charge in [-0.15, -0.1) is 11.3 Å². The molecule has 5 nitrogen and oxygen atoms in total. The van der Waals surface area contributed by atoms with Gasteiger partial charge < -0.3 is 10.6 Å². The highest BCUT2D eigenvalue weighted by molar-refractivity contribution is 7.89. The summed E-state index contributed by atoms with van der Waals surface area (Å²) in [6.07, 6.45) is 0. The fourth-order valence-electron chi connectivity index (χ4n) is 1.34. The van der Waals surface area contributed by atoms with Crippen LogP contribution in [0.5, 0.6) is 0 Å². The molecule has 0 fully saturated rings. The van der Waals surface area contributed by atoms with Crippen LogP contribution in [-0.4, -0.2) is 51.9 Å². The van der Waals surface area contributed by atoms with Crippen LogP contribution in [0.3, 0.4) is 0 Å². The third-order valence-corrected chi connectivity index (χ3v) is 5.45. The van der Waals surface area contributed by atoms with Gasteiger partial charge in [0.1, 0.15) is 0 Å². The second-order valence-electron chi connectivity index (χ2n) is 4.04. The van der Waals surface area contributed by atoms with E-state index in [1.54, 1.807) is 18.5 Å². The Morgan fingerprint density at radius 2 is 1.94 bits per heavy atom. The van der Waals surface area contributed by atoms with Gasteiger partial charge in [0.2, 0.25) is 10.0 Å². The molecule has 0 amide bonds. The standard InChI is InChI=1S/C10H19N3O2S2/c1-12(2)5-6-13(3)17(14,15)10-4-7-16-9(10)8-11/h4,7H,5-6,8,11H2,1-3H3. The third kappa shape index (κ3) is 3.49. The lowest BCUT2D eigenvalue weighted by Crippen LogP contribution is -2.33. The SMILES string of the molecule is CN(C)CCN(C)S(=O)(=O)c1ccsc1CN. The number of nitrogens with zero attached hydrogens (tertiary/aromatic N) is 2. The molecule has 0 atom stereocenters. The number of rotatable bonds is 6. The zero-order chi connectivity index (χ0) is 13.1. The minimum Gasteiger partial charge on any atom is -0.326 e. The number of sulfonamides is 1. The first-order valence-corrected chi connectivity index (χ1v) is 7.59. The van der Waals surface area contributed by atoms with Crippen molar-refractivity contribution in [2.75, 3.05) is 34.2 Å². The molecular formula is C10H19N3O2S2. The van der Waals surface area contributed by atoms with Gasteiger partial charge in [0, 0.05) is 31.6 Å². The first kappa shape index (κ1) is 14.6. The summed E-state index contributed by atoms with van der Waals surface area (Å²) in [4.78, 5) is 3.00. The maximum absolute atomic E-state index is 12.2. The van der Waals surface area contributed by atoms with E-state index in [4.69, 9.17) is 5.73 Å². The van der Waals surface area contributed by atoms with E-state index < -0.39 is 10.0 Å². The molecule has 2 N–H and O–H groups in total. The molecule has 1 aromatic rings. The van der Waals surface area contributed by atoms with Crippen molar-refractivity contribution in [1.29, 1.82) is 0 Å². The molecule has 0 spiro atoms. The summed E-state index contributed by atoms with van der Waals surface area (Å²) < 4.78 is 25.9. The van der Waals surface area contributed by atoms with Crippen molar-refractivity contribution in [3.8, 4) is 0 Å². The Morgan fingerprint density at radius 3 is 2.47 bits per heavy atom. The second kappa shape index (κ2) is 5.92. The van der Waals surface area contributed by atoms with Crippen LogP contribution in [0.25, 0.3) is 0 Å². The maximum Gasteiger partial charge on any atom is 0.244 e. The molecule has 0 bridgehead atoms. The maximum atomic E-state index is 12.2. The van der Waals surface area contributed by atoms with E-state index in [9.17, 15) is 8.42 Å². The molecule has 98 valence electrons. The average molecular weight is 277 g/mol. The normalized spacial score (nSPS) is 12.6. The summed E-state index contributed by atoms with van der Waals surface area (Å²) in [5.74, 6) is 0. The number of thiophene rings is 1. The molecule has 17 heavy (non-hydrogen) atoms. The lowest BCUT2D eigenvalue weighted by Gasteiger charge is -2.19. The average Bonchev–Trinajstić information content (AvgIpc) is 2.74. The summed E-state index contributed by atoms with van der Waals surface area (Å²) in [6, 6.07) is 1.62. The zero-order valence-electron chi connectivity index (χ0n) is 10.4. The van der Waals surface area contributed by atoms with Crippen LogP contribution < -0.4 is 5.73 Å². The van der Waals surface area contributed by atoms with Gasteiger partial charge in [-0.2, -0.15) is 4.31 Å². The Balaban J connectivity index is 2.88. The van der Waals surface area contributed by atoms with Crippen LogP contribution in [0.4, 0.5) is 0 Å². The monoisotopic (exact) mass is 277 g/mol. The lowest BCUT2D eigenvalue weighted by atomic mass is 10.5. The Hall–Kier alpha value is -0.470. The molecule has 0 aromatic carbocycles. The summed E-state index contributed by atoms with van der Waals surface area (Å²) >= 11 is 1.38. The summed E-state index contributed by atoms with van der Waals surface area (Å²) in [5.41, 5.74) is 5.53. The molecule has 1 rings (SSSR count). The van der Waals surface area contributed by atoms with Crippen molar-refractivity contribution in [3.05, 3.63) is 16.3 Å². The van der Waals surface area contributed by atoms with E-state index in [0.29, 0.717) is 22.9 Å². The Bertz CT molecular complexity index is 454. The van der Waals surface area contributed by atoms with Crippen molar-refractivity contribution < 1.29 is 8.42 Å². The molecule has 1 heterocycles. The van der Waals surface area contributed by atoms with Gasteiger partial charge in [-0.05, 0) is 25.5 Å². The molecular weight excluding hydrogens is 258 g/mol. The van der Waals surface area contributed by atoms with Gasteiger partial charge in [0.25, 0.3) is 0 Å². The molecule has 0 unspecified atom stereocenters. The van der Waals surface area contributed by atoms with Crippen molar-refractivity contribution in [1.82, 2.24) is 9.21 Å². The van der Waals surface area contributed by atoms with Crippen molar-refractivity contribution in [2.24, 2.45) is 5.73 Å². The molecule has 0 saturated heterocycles. The topological polar surface area (TPSA) is 66.6 Å². The van der Waals surface area contributed by atoms with Gasteiger partial charge in [0.15, 0.2) is 0 Å². The summed E-state index contributed by atoms with van der Waals surface area (Å²) in [6.45, 7) is 1.42. The Kier molecular flexibility index (Phi) is 5.08. The van der Waals surface area contributed by atoms with Gasteiger partial charge in [0.05, 0.1) is 4.90 Å². The predicted octanol–water partition coefficient (Wildman–Crippen LogP) is 0.389. The van der Waals surface area contributed by atoms with Crippen LogP contribution in [0.15, 0.2) is 16.3 Å². The third-order valence-electron chi connectivity index (χ3n) is 2.44. The Labute approximate surface area is 107 Å². The van der Waals surface area contributed by atoms with Crippen LogP contribution in [-0.2, 0) is 16.6 Å². The van der Waals surface area contributed by atoms with E-state index in [1.807, 2.05) is 19.0 Å². The van der Waals surface area contributed by atoms with Crippen LogP contribution in [0.1, 0.15) is 4.88 Å². The number of nitrogens with two attached hydrogens (primary N) is 1.